The van der Waals surface area contributed by atoms with E-state index >= 15 is 0 Å². The lowest BCUT2D eigenvalue weighted by Gasteiger charge is -1.96. The van der Waals surface area contributed by atoms with Gasteiger partial charge in [0.15, 0.2) is 0 Å². The Morgan fingerprint density at radius 3 is 3.00 bits per heavy atom. The fourth-order valence-corrected chi connectivity index (χ4v) is 1.58. The van der Waals surface area contributed by atoms with E-state index in [2.05, 4.69) is 15.5 Å². The third-order valence-electron chi connectivity index (χ3n) is 2.66. The van der Waals surface area contributed by atoms with Crippen molar-refractivity contribution in [1.29, 1.82) is 0 Å². The Bertz CT molecular complexity index is 522. The summed E-state index contributed by atoms with van der Waals surface area (Å²) in [6, 6.07) is 6.73. The summed E-state index contributed by atoms with van der Waals surface area (Å²) in [5.41, 5.74) is 0.607. The number of nitrogens with one attached hydrogen (secondary N) is 1. The maximum absolute atomic E-state index is 13.0. The van der Waals surface area contributed by atoms with E-state index in [1.165, 1.54) is 25.0 Å². The van der Waals surface area contributed by atoms with Gasteiger partial charge in [-0.25, -0.2) is 4.39 Å². The number of rotatable bonds is 4. The molecule has 0 saturated heterocycles. The standard InChI is InChI=1S/C12H12FN3O/c13-9-3-1-2-8(6-9)12-16-15-11(17-12)7-14-10-4-5-10/h1-3,6,10,14H,4-5,7H2. The summed E-state index contributed by atoms with van der Waals surface area (Å²) in [5.74, 6) is 0.589. The van der Waals surface area contributed by atoms with Crippen LogP contribution in [0.4, 0.5) is 4.39 Å². The molecule has 1 aliphatic rings. The first-order valence-corrected chi connectivity index (χ1v) is 5.63. The summed E-state index contributed by atoms with van der Waals surface area (Å²) in [7, 11) is 0. The smallest absolute Gasteiger partial charge is 0.247 e. The van der Waals surface area contributed by atoms with Crippen molar-refractivity contribution in [2.24, 2.45) is 0 Å². The summed E-state index contributed by atoms with van der Waals surface area (Å²) < 4.78 is 18.5. The minimum atomic E-state index is -0.307. The first kappa shape index (κ1) is 10.4. The number of nitrogens with zero attached hydrogens (tertiary/aromatic N) is 2. The zero-order valence-corrected chi connectivity index (χ0v) is 9.19. The first-order valence-electron chi connectivity index (χ1n) is 5.63. The fraction of sp³-hybridized carbons (Fsp3) is 0.333. The molecule has 5 heteroatoms. The largest absolute Gasteiger partial charge is 0.419 e. The predicted molar refractivity (Wildman–Crippen MR) is 59.6 cm³/mol. The number of hydrogen-bond donors (Lipinski definition) is 1. The number of hydrogen-bond acceptors (Lipinski definition) is 4. The predicted octanol–water partition coefficient (Wildman–Crippen LogP) is 2.13. The van der Waals surface area contributed by atoms with Crippen molar-refractivity contribution >= 4 is 0 Å². The molecule has 3 rings (SSSR count). The Kier molecular flexibility index (Phi) is 2.60. The van der Waals surface area contributed by atoms with Gasteiger partial charge in [-0.3, -0.25) is 0 Å². The van der Waals surface area contributed by atoms with E-state index in [0.717, 1.165) is 0 Å². The molecule has 0 unspecified atom stereocenters. The molecular formula is C12H12FN3O. The summed E-state index contributed by atoms with van der Waals surface area (Å²) in [5, 5.41) is 11.1. The van der Waals surface area contributed by atoms with E-state index < -0.39 is 0 Å². The SMILES string of the molecule is Fc1cccc(-c2nnc(CNC3CC3)o2)c1. The number of aromatic nitrogens is 2. The molecule has 0 bridgehead atoms. The minimum absolute atomic E-state index is 0.307. The highest BCUT2D eigenvalue weighted by Gasteiger charge is 2.21. The highest BCUT2D eigenvalue weighted by molar-refractivity contribution is 5.52. The zero-order valence-electron chi connectivity index (χ0n) is 9.19. The van der Waals surface area contributed by atoms with Crippen molar-refractivity contribution in [2.45, 2.75) is 25.4 Å². The molecule has 1 fully saturated rings. The highest BCUT2D eigenvalue weighted by atomic mass is 19.1. The first-order chi connectivity index (χ1) is 8.31. The summed E-state index contributed by atoms with van der Waals surface area (Å²) >= 11 is 0. The van der Waals surface area contributed by atoms with Crippen LogP contribution in [-0.2, 0) is 6.54 Å². The molecule has 17 heavy (non-hydrogen) atoms. The van der Waals surface area contributed by atoms with Gasteiger partial charge >= 0.3 is 0 Å². The average molecular weight is 233 g/mol. The second kappa shape index (κ2) is 4.25. The molecule has 0 aliphatic heterocycles. The van der Waals surface area contributed by atoms with Crippen LogP contribution < -0.4 is 5.32 Å². The van der Waals surface area contributed by atoms with Crippen LogP contribution in [-0.4, -0.2) is 16.2 Å². The zero-order chi connectivity index (χ0) is 11.7. The van der Waals surface area contributed by atoms with Crippen LogP contribution >= 0.6 is 0 Å². The molecule has 1 aliphatic carbocycles. The van der Waals surface area contributed by atoms with Gasteiger partial charge in [0, 0.05) is 11.6 Å². The van der Waals surface area contributed by atoms with E-state index in [1.54, 1.807) is 12.1 Å². The molecule has 88 valence electrons. The lowest BCUT2D eigenvalue weighted by atomic mass is 10.2. The van der Waals surface area contributed by atoms with Crippen LogP contribution in [0.1, 0.15) is 18.7 Å². The summed E-state index contributed by atoms with van der Waals surface area (Å²) in [6.45, 7) is 0.576. The van der Waals surface area contributed by atoms with Gasteiger partial charge in [0.1, 0.15) is 5.82 Å². The molecule has 0 atom stereocenters. The second-order valence-corrected chi connectivity index (χ2v) is 4.17. The minimum Gasteiger partial charge on any atom is -0.419 e. The van der Waals surface area contributed by atoms with Crippen molar-refractivity contribution in [1.82, 2.24) is 15.5 Å². The molecule has 1 aromatic heterocycles. The third-order valence-corrected chi connectivity index (χ3v) is 2.66. The van der Waals surface area contributed by atoms with Gasteiger partial charge in [-0.2, -0.15) is 0 Å². The highest BCUT2D eigenvalue weighted by Crippen LogP contribution is 2.21. The fourth-order valence-electron chi connectivity index (χ4n) is 1.58. The van der Waals surface area contributed by atoms with Gasteiger partial charge in [-0.15, -0.1) is 10.2 Å². The van der Waals surface area contributed by atoms with Crippen molar-refractivity contribution in [3.63, 3.8) is 0 Å². The Balaban J connectivity index is 1.74. The maximum Gasteiger partial charge on any atom is 0.247 e. The summed E-state index contributed by atoms with van der Waals surface area (Å²) in [4.78, 5) is 0. The van der Waals surface area contributed by atoms with E-state index in [4.69, 9.17) is 4.42 Å². The van der Waals surface area contributed by atoms with E-state index in [-0.39, 0.29) is 5.82 Å². The lowest BCUT2D eigenvalue weighted by molar-refractivity contribution is 0.476. The topological polar surface area (TPSA) is 51.0 Å². The van der Waals surface area contributed by atoms with Gasteiger partial charge in [0.25, 0.3) is 0 Å². The average Bonchev–Trinajstić information content (AvgIpc) is 3.04. The number of benzene rings is 1. The molecule has 4 nitrogen and oxygen atoms in total. The molecule has 2 aromatic rings. The molecule has 0 amide bonds. The van der Waals surface area contributed by atoms with Crippen LogP contribution in [0.2, 0.25) is 0 Å². The van der Waals surface area contributed by atoms with Gasteiger partial charge in [-0.1, -0.05) is 6.07 Å². The van der Waals surface area contributed by atoms with Crippen molar-refractivity contribution < 1.29 is 8.81 Å². The molecule has 1 N–H and O–H groups in total. The normalized spacial score (nSPS) is 15.1. The molecule has 1 aromatic carbocycles. The molecule has 0 spiro atoms. The Labute approximate surface area is 97.9 Å². The van der Waals surface area contributed by atoms with E-state index in [9.17, 15) is 4.39 Å². The number of halogens is 1. The Morgan fingerprint density at radius 1 is 1.35 bits per heavy atom. The monoisotopic (exact) mass is 233 g/mol. The molecule has 0 radical (unpaired) electrons. The van der Waals surface area contributed by atoms with Crippen molar-refractivity contribution in [3.05, 3.63) is 36.0 Å². The second-order valence-electron chi connectivity index (χ2n) is 4.17. The third kappa shape index (κ3) is 2.50. The molecule has 1 heterocycles. The van der Waals surface area contributed by atoms with Crippen LogP contribution in [0.15, 0.2) is 28.7 Å². The molecule has 1 saturated carbocycles. The van der Waals surface area contributed by atoms with Crippen LogP contribution in [0.5, 0.6) is 0 Å². The maximum atomic E-state index is 13.0. The van der Waals surface area contributed by atoms with Gasteiger partial charge in [0.2, 0.25) is 11.8 Å². The van der Waals surface area contributed by atoms with Gasteiger partial charge in [-0.05, 0) is 31.0 Å². The summed E-state index contributed by atoms with van der Waals surface area (Å²) in [6.07, 6.45) is 2.43. The molecular weight excluding hydrogens is 221 g/mol. The van der Waals surface area contributed by atoms with Crippen molar-refractivity contribution in [2.75, 3.05) is 0 Å². The van der Waals surface area contributed by atoms with Gasteiger partial charge in [0.05, 0.1) is 6.54 Å². The lowest BCUT2D eigenvalue weighted by Crippen LogP contribution is -2.15. The van der Waals surface area contributed by atoms with E-state index in [0.29, 0.717) is 29.9 Å². The van der Waals surface area contributed by atoms with Gasteiger partial charge < -0.3 is 9.73 Å². The van der Waals surface area contributed by atoms with Crippen molar-refractivity contribution in [3.8, 4) is 11.5 Å². The Morgan fingerprint density at radius 2 is 2.24 bits per heavy atom. The Hall–Kier alpha value is -1.75. The van der Waals surface area contributed by atoms with Crippen LogP contribution in [0.3, 0.4) is 0 Å². The van der Waals surface area contributed by atoms with Crippen LogP contribution in [0.25, 0.3) is 11.5 Å². The van der Waals surface area contributed by atoms with E-state index in [1.807, 2.05) is 0 Å². The van der Waals surface area contributed by atoms with Crippen LogP contribution in [0, 0.1) is 5.82 Å². The quantitative estimate of drug-likeness (QED) is 0.878.